The van der Waals surface area contributed by atoms with Crippen LogP contribution in [0.15, 0.2) is 18.2 Å². The van der Waals surface area contributed by atoms with Crippen molar-refractivity contribution in [3.8, 4) is 0 Å². The minimum atomic E-state index is -0.207. The van der Waals surface area contributed by atoms with Gasteiger partial charge < -0.3 is 10.6 Å². The third kappa shape index (κ3) is 1.24. The van der Waals surface area contributed by atoms with Gasteiger partial charge in [0, 0.05) is 18.7 Å². The van der Waals surface area contributed by atoms with Crippen LogP contribution in [0.25, 0.3) is 0 Å². The average molecular weight is 179 g/mol. The summed E-state index contributed by atoms with van der Waals surface area (Å²) in [6.45, 7) is 0.958. The number of benzene rings is 1. The van der Waals surface area contributed by atoms with Crippen LogP contribution in [0.5, 0.6) is 0 Å². The molecule has 3 nitrogen and oxygen atoms in total. The summed E-state index contributed by atoms with van der Waals surface area (Å²) in [5, 5.41) is 7.22. The Bertz CT molecular complexity index is 362. The highest BCUT2D eigenvalue weighted by atomic mass is 19.1. The molecule has 0 radical (unpaired) electrons. The van der Waals surface area contributed by atoms with Crippen LogP contribution < -0.4 is 5.73 Å². The molecule has 0 aliphatic carbocycles. The van der Waals surface area contributed by atoms with Gasteiger partial charge in [0.2, 0.25) is 0 Å². The minimum Gasteiger partial charge on any atom is -0.370 e. The second kappa shape index (κ2) is 2.73. The van der Waals surface area contributed by atoms with Crippen molar-refractivity contribution in [3.05, 3.63) is 35.1 Å². The third-order valence-electron chi connectivity index (χ3n) is 2.27. The summed E-state index contributed by atoms with van der Waals surface area (Å²) in [5.41, 5.74) is 6.90. The van der Waals surface area contributed by atoms with Crippen molar-refractivity contribution in [2.45, 2.75) is 13.1 Å². The summed E-state index contributed by atoms with van der Waals surface area (Å²) in [6.07, 6.45) is 0. The summed E-state index contributed by atoms with van der Waals surface area (Å²) in [5.74, 6) is -0.211. The fraction of sp³-hybridized carbons (Fsp3) is 0.222. The van der Waals surface area contributed by atoms with Crippen LogP contribution in [0.2, 0.25) is 0 Å². The van der Waals surface area contributed by atoms with Crippen molar-refractivity contribution >= 4 is 5.96 Å². The molecule has 0 saturated carbocycles. The number of nitrogens with one attached hydrogen (secondary N) is 1. The third-order valence-corrected chi connectivity index (χ3v) is 2.27. The molecule has 13 heavy (non-hydrogen) atoms. The lowest BCUT2D eigenvalue weighted by molar-refractivity contribution is 0.433. The average Bonchev–Trinajstić information content (AvgIpc) is 2.49. The van der Waals surface area contributed by atoms with E-state index in [4.69, 9.17) is 11.1 Å². The van der Waals surface area contributed by atoms with Crippen LogP contribution in [0.4, 0.5) is 4.39 Å². The van der Waals surface area contributed by atoms with Gasteiger partial charge in [-0.15, -0.1) is 0 Å². The summed E-state index contributed by atoms with van der Waals surface area (Å²) in [7, 11) is 0. The highest BCUT2D eigenvalue weighted by Crippen LogP contribution is 2.24. The van der Waals surface area contributed by atoms with Crippen LogP contribution in [0.3, 0.4) is 0 Å². The van der Waals surface area contributed by atoms with Crippen LogP contribution >= 0.6 is 0 Å². The molecule has 1 aliphatic rings. The van der Waals surface area contributed by atoms with Gasteiger partial charge in [-0.2, -0.15) is 0 Å². The lowest BCUT2D eigenvalue weighted by Crippen LogP contribution is -2.31. The van der Waals surface area contributed by atoms with E-state index in [0.29, 0.717) is 18.7 Å². The van der Waals surface area contributed by atoms with Crippen LogP contribution in [-0.2, 0) is 13.1 Å². The van der Waals surface area contributed by atoms with E-state index in [-0.39, 0.29) is 11.8 Å². The van der Waals surface area contributed by atoms with E-state index in [0.717, 1.165) is 5.56 Å². The second-order valence-electron chi connectivity index (χ2n) is 3.12. The Kier molecular flexibility index (Phi) is 1.69. The summed E-state index contributed by atoms with van der Waals surface area (Å²) < 4.78 is 13.2. The zero-order valence-electron chi connectivity index (χ0n) is 7.05. The second-order valence-corrected chi connectivity index (χ2v) is 3.12. The molecule has 0 unspecified atom stereocenters. The van der Waals surface area contributed by atoms with Gasteiger partial charge in [0.1, 0.15) is 5.82 Å². The van der Waals surface area contributed by atoms with E-state index in [9.17, 15) is 4.39 Å². The quantitative estimate of drug-likeness (QED) is 0.461. The standard InChI is InChI=1S/C9H10FN3/c10-8-3-1-2-6-4-13(9(11)12)5-7(6)8/h1-3H,4-5H2,(H3,11,12). The Labute approximate surface area is 75.5 Å². The molecular weight excluding hydrogens is 169 g/mol. The molecule has 0 fully saturated rings. The zero-order chi connectivity index (χ0) is 9.42. The highest BCUT2D eigenvalue weighted by molar-refractivity contribution is 5.75. The normalized spacial score (nSPS) is 14.4. The molecule has 0 aromatic heterocycles. The minimum absolute atomic E-state index is 0.00407. The number of hydrogen-bond donors (Lipinski definition) is 2. The number of nitrogens with zero attached hydrogens (tertiary/aromatic N) is 1. The Balaban J connectivity index is 2.35. The Morgan fingerprint density at radius 3 is 2.85 bits per heavy atom. The van der Waals surface area contributed by atoms with Crippen molar-refractivity contribution in [1.29, 1.82) is 5.41 Å². The smallest absolute Gasteiger partial charge is 0.188 e. The molecule has 0 spiro atoms. The molecule has 68 valence electrons. The van der Waals surface area contributed by atoms with Gasteiger partial charge in [0.05, 0.1) is 0 Å². The molecule has 1 heterocycles. The Morgan fingerprint density at radius 2 is 2.23 bits per heavy atom. The van der Waals surface area contributed by atoms with Gasteiger partial charge in [-0.1, -0.05) is 12.1 Å². The first-order valence-electron chi connectivity index (χ1n) is 4.03. The van der Waals surface area contributed by atoms with Crippen molar-refractivity contribution in [2.24, 2.45) is 5.73 Å². The topological polar surface area (TPSA) is 53.1 Å². The molecule has 4 heteroatoms. The molecule has 1 aromatic carbocycles. The number of nitrogens with two attached hydrogens (primary N) is 1. The van der Waals surface area contributed by atoms with E-state index in [2.05, 4.69) is 0 Å². The highest BCUT2D eigenvalue weighted by Gasteiger charge is 2.21. The Hall–Kier alpha value is -1.58. The Morgan fingerprint density at radius 1 is 1.46 bits per heavy atom. The van der Waals surface area contributed by atoms with E-state index in [1.165, 1.54) is 6.07 Å². The molecule has 0 saturated heterocycles. The van der Waals surface area contributed by atoms with Crippen LogP contribution in [0, 0.1) is 11.2 Å². The van der Waals surface area contributed by atoms with E-state index in [1.807, 2.05) is 6.07 Å². The largest absolute Gasteiger partial charge is 0.370 e. The fourth-order valence-corrected chi connectivity index (χ4v) is 1.55. The van der Waals surface area contributed by atoms with Crippen LogP contribution in [0.1, 0.15) is 11.1 Å². The number of rotatable bonds is 0. The molecule has 2 rings (SSSR count). The number of fused-ring (bicyclic) bond motifs is 1. The van der Waals surface area contributed by atoms with E-state index < -0.39 is 0 Å². The lowest BCUT2D eigenvalue weighted by Gasteiger charge is -2.13. The van der Waals surface area contributed by atoms with Crippen molar-refractivity contribution in [1.82, 2.24) is 4.90 Å². The summed E-state index contributed by atoms with van der Waals surface area (Å²) in [4.78, 5) is 1.63. The van der Waals surface area contributed by atoms with Gasteiger partial charge in [0.15, 0.2) is 5.96 Å². The predicted molar refractivity (Wildman–Crippen MR) is 47.6 cm³/mol. The van der Waals surface area contributed by atoms with E-state index in [1.54, 1.807) is 11.0 Å². The predicted octanol–water partition coefficient (Wildman–Crippen LogP) is 1.03. The van der Waals surface area contributed by atoms with Gasteiger partial charge >= 0.3 is 0 Å². The van der Waals surface area contributed by atoms with Crippen LogP contribution in [-0.4, -0.2) is 10.9 Å². The first-order chi connectivity index (χ1) is 6.18. The maximum Gasteiger partial charge on any atom is 0.188 e. The fourth-order valence-electron chi connectivity index (χ4n) is 1.55. The number of hydrogen-bond acceptors (Lipinski definition) is 1. The molecule has 1 aromatic rings. The number of guanidine groups is 1. The van der Waals surface area contributed by atoms with Crippen molar-refractivity contribution in [3.63, 3.8) is 0 Å². The van der Waals surface area contributed by atoms with E-state index >= 15 is 0 Å². The van der Waals surface area contributed by atoms with Gasteiger partial charge in [-0.05, 0) is 11.6 Å². The van der Waals surface area contributed by atoms with Gasteiger partial charge in [-0.3, -0.25) is 5.41 Å². The monoisotopic (exact) mass is 179 g/mol. The van der Waals surface area contributed by atoms with Gasteiger partial charge in [-0.25, -0.2) is 4.39 Å². The maximum absolute atomic E-state index is 13.2. The summed E-state index contributed by atoms with van der Waals surface area (Å²) in [6, 6.07) is 4.97. The molecular formula is C9H10FN3. The molecule has 0 amide bonds. The first-order valence-corrected chi connectivity index (χ1v) is 4.03. The SMILES string of the molecule is N=C(N)N1Cc2cccc(F)c2C1. The molecule has 3 N–H and O–H groups in total. The number of halogens is 1. The summed E-state index contributed by atoms with van der Waals surface area (Å²) >= 11 is 0. The molecule has 0 atom stereocenters. The first kappa shape index (κ1) is 8.04. The molecule has 1 aliphatic heterocycles. The molecule has 0 bridgehead atoms. The van der Waals surface area contributed by atoms with Gasteiger partial charge in [0.25, 0.3) is 0 Å². The zero-order valence-corrected chi connectivity index (χ0v) is 7.05. The lowest BCUT2D eigenvalue weighted by atomic mass is 10.1. The van der Waals surface area contributed by atoms with Crippen molar-refractivity contribution in [2.75, 3.05) is 0 Å². The maximum atomic E-state index is 13.2. The van der Waals surface area contributed by atoms with Crippen molar-refractivity contribution < 1.29 is 4.39 Å².